The molecule has 6 heteroatoms. The van der Waals surface area contributed by atoms with Crippen LogP contribution in [0.1, 0.15) is 17.2 Å². The van der Waals surface area contributed by atoms with E-state index in [0.717, 1.165) is 17.3 Å². The van der Waals surface area contributed by atoms with Gasteiger partial charge in [-0.1, -0.05) is 24.3 Å². The van der Waals surface area contributed by atoms with Crippen LogP contribution in [-0.2, 0) is 16.1 Å². The highest BCUT2D eigenvalue weighted by Crippen LogP contribution is 2.33. The monoisotopic (exact) mass is 246 g/mol. The molecule has 1 aliphatic rings. The lowest BCUT2D eigenvalue weighted by Gasteiger charge is -2.18. The molecular weight excluding hydrogens is 236 g/mol. The van der Waals surface area contributed by atoms with E-state index in [2.05, 4.69) is 0 Å². The van der Waals surface area contributed by atoms with E-state index in [4.69, 9.17) is 0 Å². The molecule has 0 fully saturated rings. The lowest BCUT2D eigenvalue weighted by atomic mass is 10.0. The van der Waals surface area contributed by atoms with E-state index in [1.165, 1.54) is 11.1 Å². The third kappa shape index (κ3) is 2.13. The number of ketones is 1. The molecule has 0 saturated heterocycles. The Bertz CT molecular complexity index is 539. The fourth-order valence-corrected chi connectivity index (χ4v) is 2.07. The van der Waals surface area contributed by atoms with Gasteiger partial charge in [0.1, 0.15) is 6.04 Å². The van der Waals surface area contributed by atoms with E-state index in [-0.39, 0.29) is 6.29 Å². The summed E-state index contributed by atoms with van der Waals surface area (Å²) in [5.74, 6) is -0.604. The molecule has 0 saturated carbocycles. The van der Waals surface area contributed by atoms with Crippen molar-refractivity contribution in [3.8, 4) is 0 Å². The lowest BCUT2D eigenvalue weighted by Crippen LogP contribution is -2.24. The van der Waals surface area contributed by atoms with Crippen LogP contribution in [-0.4, -0.2) is 21.9 Å². The van der Waals surface area contributed by atoms with E-state index in [9.17, 15) is 19.7 Å². The van der Waals surface area contributed by atoms with Crippen LogP contribution in [0.2, 0.25) is 0 Å². The summed E-state index contributed by atoms with van der Waals surface area (Å²) < 4.78 is 0. The van der Waals surface area contributed by atoms with Gasteiger partial charge in [0.2, 0.25) is 12.0 Å². The summed E-state index contributed by atoms with van der Waals surface area (Å²) in [4.78, 5) is 33.5. The number of carbonyl (C=O) groups is 2. The van der Waals surface area contributed by atoms with Crippen molar-refractivity contribution >= 4 is 12.1 Å². The topological polar surface area (TPSA) is 80.5 Å². The van der Waals surface area contributed by atoms with Crippen molar-refractivity contribution in [2.24, 2.45) is 0 Å². The van der Waals surface area contributed by atoms with Gasteiger partial charge in [-0.05, 0) is 11.1 Å². The summed E-state index contributed by atoms with van der Waals surface area (Å²) in [5.41, 5.74) is 1.62. The Morgan fingerprint density at radius 1 is 1.44 bits per heavy atom. The molecule has 1 atom stereocenters. The number of rotatable bonds is 4. The smallest absolute Gasteiger partial charge is 0.250 e. The summed E-state index contributed by atoms with van der Waals surface area (Å²) in [6, 6.07) is 6.42. The van der Waals surface area contributed by atoms with Gasteiger partial charge in [0, 0.05) is 6.54 Å². The number of carbonyl (C=O) groups excluding carboxylic acids is 2. The zero-order chi connectivity index (χ0) is 13.1. The molecule has 1 heterocycles. The first kappa shape index (κ1) is 12.0. The molecule has 1 unspecified atom stereocenters. The largest absolute Gasteiger partial charge is 0.354 e. The highest BCUT2D eigenvalue weighted by molar-refractivity contribution is 6.27. The zero-order valence-corrected chi connectivity index (χ0v) is 9.35. The molecule has 0 radical (unpaired) electrons. The van der Waals surface area contributed by atoms with Gasteiger partial charge in [-0.25, -0.2) is 0 Å². The number of fused-ring (bicyclic) bond motifs is 1. The Balaban J connectivity index is 2.36. The number of nitro groups is 1. The quantitative estimate of drug-likeness (QED) is 0.343. The van der Waals surface area contributed by atoms with Crippen LogP contribution >= 0.6 is 0 Å². The fourth-order valence-electron chi connectivity index (χ4n) is 2.07. The number of hydrogen-bond acceptors (Lipinski definition) is 5. The zero-order valence-electron chi connectivity index (χ0n) is 9.35. The van der Waals surface area contributed by atoms with E-state index in [1.54, 1.807) is 12.1 Å². The number of benzene rings is 1. The molecule has 1 aromatic rings. The maximum atomic E-state index is 11.6. The first-order chi connectivity index (χ1) is 8.63. The number of hydrogen-bond donors (Lipinski definition) is 0. The van der Waals surface area contributed by atoms with Crippen molar-refractivity contribution in [1.29, 1.82) is 0 Å². The van der Waals surface area contributed by atoms with Crippen molar-refractivity contribution in [2.45, 2.75) is 12.6 Å². The summed E-state index contributed by atoms with van der Waals surface area (Å²) in [7, 11) is 0. The van der Waals surface area contributed by atoms with Crippen LogP contribution in [0.25, 0.3) is 0 Å². The molecule has 18 heavy (non-hydrogen) atoms. The SMILES string of the molecule is O=CC(=O)C1c2ccccc2CN1C=C[N+](=O)[O-]. The van der Waals surface area contributed by atoms with Gasteiger partial charge in [-0.2, -0.15) is 0 Å². The van der Waals surface area contributed by atoms with Gasteiger partial charge in [0.15, 0.2) is 6.29 Å². The van der Waals surface area contributed by atoms with E-state index in [0.29, 0.717) is 6.54 Å². The normalized spacial score (nSPS) is 17.8. The first-order valence-corrected chi connectivity index (χ1v) is 5.28. The first-order valence-electron chi connectivity index (χ1n) is 5.28. The van der Waals surface area contributed by atoms with Crippen molar-refractivity contribution in [2.75, 3.05) is 0 Å². The average Bonchev–Trinajstić information content (AvgIpc) is 2.73. The van der Waals surface area contributed by atoms with Crippen molar-refractivity contribution in [3.63, 3.8) is 0 Å². The van der Waals surface area contributed by atoms with Crippen LogP contribution in [0, 0.1) is 10.1 Å². The molecular formula is C12H10N2O4. The van der Waals surface area contributed by atoms with Gasteiger partial charge < -0.3 is 4.90 Å². The Morgan fingerprint density at radius 3 is 2.83 bits per heavy atom. The summed E-state index contributed by atoms with van der Waals surface area (Å²) in [6.07, 6.45) is 2.24. The fraction of sp³-hybridized carbons (Fsp3) is 0.167. The minimum absolute atomic E-state index is 0.250. The van der Waals surface area contributed by atoms with E-state index >= 15 is 0 Å². The van der Waals surface area contributed by atoms with Crippen molar-refractivity contribution in [1.82, 2.24) is 4.90 Å². The standard InChI is InChI=1S/C12H10N2O4/c15-8-11(16)12-10-4-2-1-3-9(10)7-13(12)5-6-14(17)18/h1-6,8,12H,7H2. The lowest BCUT2D eigenvalue weighted by molar-refractivity contribution is -0.403. The van der Waals surface area contributed by atoms with Gasteiger partial charge >= 0.3 is 0 Å². The van der Waals surface area contributed by atoms with Crippen LogP contribution < -0.4 is 0 Å². The minimum atomic E-state index is -0.755. The molecule has 0 bridgehead atoms. The van der Waals surface area contributed by atoms with Gasteiger partial charge in [0.25, 0.3) is 0 Å². The van der Waals surface area contributed by atoms with Crippen LogP contribution in [0.4, 0.5) is 0 Å². The molecule has 6 nitrogen and oxygen atoms in total. The predicted molar refractivity (Wildman–Crippen MR) is 61.9 cm³/mol. The highest BCUT2D eigenvalue weighted by Gasteiger charge is 2.33. The molecule has 1 aromatic carbocycles. The van der Waals surface area contributed by atoms with E-state index < -0.39 is 16.7 Å². The molecule has 1 aliphatic heterocycles. The Kier molecular flexibility index (Phi) is 3.18. The molecule has 2 rings (SSSR count). The van der Waals surface area contributed by atoms with Gasteiger partial charge in [-0.15, -0.1) is 0 Å². The average molecular weight is 246 g/mol. The van der Waals surface area contributed by atoms with Gasteiger partial charge in [-0.3, -0.25) is 19.7 Å². The number of nitrogens with zero attached hydrogens (tertiary/aromatic N) is 2. The molecule has 0 aromatic heterocycles. The van der Waals surface area contributed by atoms with Gasteiger partial charge in [0.05, 0.1) is 11.1 Å². The Morgan fingerprint density at radius 2 is 2.17 bits per heavy atom. The second kappa shape index (κ2) is 4.79. The molecule has 0 amide bonds. The Labute approximate surface area is 103 Å². The third-order valence-corrected chi connectivity index (χ3v) is 2.80. The maximum absolute atomic E-state index is 11.6. The second-order valence-electron chi connectivity index (χ2n) is 3.88. The third-order valence-electron chi connectivity index (χ3n) is 2.80. The van der Waals surface area contributed by atoms with E-state index in [1.807, 2.05) is 12.1 Å². The van der Waals surface area contributed by atoms with Crippen LogP contribution in [0.15, 0.2) is 36.7 Å². The summed E-state index contributed by atoms with van der Waals surface area (Å²) in [6.45, 7) is 0.380. The Hall–Kier alpha value is -2.50. The van der Waals surface area contributed by atoms with Crippen molar-refractivity contribution in [3.05, 3.63) is 57.9 Å². The molecule has 0 spiro atoms. The number of aldehydes is 1. The molecule has 0 N–H and O–H groups in total. The molecule has 0 aliphatic carbocycles. The van der Waals surface area contributed by atoms with Crippen LogP contribution in [0.3, 0.4) is 0 Å². The summed E-state index contributed by atoms with van der Waals surface area (Å²) in [5, 5.41) is 10.3. The molecule has 92 valence electrons. The van der Waals surface area contributed by atoms with Crippen molar-refractivity contribution < 1.29 is 14.5 Å². The number of Topliss-reactive ketones (excluding diaryl/α,β-unsaturated/α-hetero) is 1. The predicted octanol–water partition coefficient (Wildman–Crippen LogP) is 1.06. The second-order valence-corrected chi connectivity index (χ2v) is 3.88. The minimum Gasteiger partial charge on any atom is -0.354 e. The maximum Gasteiger partial charge on any atom is 0.250 e. The van der Waals surface area contributed by atoms with Crippen LogP contribution in [0.5, 0.6) is 0 Å². The highest BCUT2D eigenvalue weighted by atomic mass is 16.6. The summed E-state index contributed by atoms with van der Waals surface area (Å²) >= 11 is 0.